The molecule has 4 bridgehead atoms. The quantitative estimate of drug-likeness (QED) is 0.582. The molecule has 3 atom stereocenters. The van der Waals surface area contributed by atoms with Crippen molar-refractivity contribution < 1.29 is 24.2 Å². The van der Waals surface area contributed by atoms with E-state index in [1.807, 2.05) is 69.3 Å². The number of carbonyl (C=O) groups excluding carboxylic acids is 3. The van der Waals surface area contributed by atoms with Gasteiger partial charge < -0.3 is 24.9 Å². The summed E-state index contributed by atoms with van der Waals surface area (Å²) in [5, 5.41) is 14.3. The first-order valence-electron chi connectivity index (χ1n) is 12.4. The Labute approximate surface area is 212 Å². The van der Waals surface area contributed by atoms with Crippen LogP contribution in [0.25, 0.3) is 17.2 Å². The third-order valence-electron chi connectivity index (χ3n) is 6.93. The molecule has 7 nitrogen and oxygen atoms in total. The van der Waals surface area contributed by atoms with Crippen LogP contribution >= 0.6 is 0 Å². The second kappa shape index (κ2) is 10.3. The standard InChI is InChI=1S/C29H34N2O5/c1-28(2,3)25-26(33)31-19-29(35,17-23(31)18-32)22-14-12-21(13-15-22)24-11-7-6-10-20(24)9-5-4-8-16-36-27(34)30-25/h5-7,9-15,18,23,25,35H,4,8,16-17,19H2,1-3H3,(H,30,34)/t23-,25+,29-/m0/s1. The van der Waals surface area contributed by atoms with Crippen LogP contribution in [0.5, 0.6) is 0 Å². The van der Waals surface area contributed by atoms with E-state index in [4.69, 9.17) is 4.74 Å². The number of alkyl carbamates (subject to hydrolysis) is 1. The van der Waals surface area contributed by atoms with Crippen molar-refractivity contribution in [2.75, 3.05) is 13.2 Å². The second-order valence-corrected chi connectivity index (χ2v) is 10.7. The summed E-state index contributed by atoms with van der Waals surface area (Å²) in [6.07, 6.45) is 5.58. The Morgan fingerprint density at radius 1 is 1.11 bits per heavy atom. The lowest BCUT2D eigenvalue weighted by atomic mass is 9.85. The molecule has 2 amide bonds. The largest absolute Gasteiger partial charge is 0.450 e. The van der Waals surface area contributed by atoms with Crippen molar-refractivity contribution in [1.29, 1.82) is 0 Å². The van der Waals surface area contributed by atoms with Crippen LogP contribution in [-0.2, 0) is 19.9 Å². The summed E-state index contributed by atoms with van der Waals surface area (Å²) in [7, 11) is 0. The molecule has 5 rings (SSSR count). The van der Waals surface area contributed by atoms with E-state index in [0.29, 0.717) is 18.3 Å². The van der Waals surface area contributed by atoms with Gasteiger partial charge in [0.15, 0.2) is 0 Å². The van der Waals surface area contributed by atoms with E-state index in [0.717, 1.165) is 23.1 Å². The van der Waals surface area contributed by atoms with E-state index in [2.05, 4.69) is 17.5 Å². The molecule has 0 unspecified atom stereocenters. The van der Waals surface area contributed by atoms with E-state index in [-0.39, 0.29) is 19.6 Å². The highest BCUT2D eigenvalue weighted by molar-refractivity contribution is 5.89. The molecule has 7 heteroatoms. The van der Waals surface area contributed by atoms with Gasteiger partial charge in [0.2, 0.25) is 5.91 Å². The number of rotatable bonds is 1. The molecular formula is C29H34N2O5. The molecule has 190 valence electrons. The molecule has 1 saturated heterocycles. The Morgan fingerprint density at radius 2 is 1.83 bits per heavy atom. The third kappa shape index (κ3) is 5.36. The van der Waals surface area contributed by atoms with E-state index in [1.54, 1.807) is 0 Å². The van der Waals surface area contributed by atoms with Crippen LogP contribution < -0.4 is 5.32 Å². The summed E-state index contributed by atoms with van der Waals surface area (Å²) >= 11 is 0. The summed E-state index contributed by atoms with van der Waals surface area (Å²) in [4.78, 5) is 39.5. The zero-order chi connectivity index (χ0) is 25.9. The first-order chi connectivity index (χ1) is 17.1. The van der Waals surface area contributed by atoms with Crippen LogP contribution in [0.2, 0.25) is 0 Å². The van der Waals surface area contributed by atoms with Gasteiger partial charge in [-0.1, -0.05) is 81.5 Å². The molecule has 1 fully saturated rings. The number of fused-ring (bicyclic) bond motifs is 10. The number of aldehydes is 1. The monoisotopic (exact) mass is 490 g/mol. The van der Waals surface area contributed by atoms with E-state index < -0.39 is 35.1 Å². The van der Waals surface area contributed by atoms with Gasteiger partial charge in [0.1, 0.15) is 17.9 Å². The van der Waals surface area contributed by atoms with E-state index in [1.165, 1.54) is 4.90 Å². The number of hydrogen-bond donors (Lipinski definition) is 2. The van der Waals surface area contributed by atoms with Gasteiger partial charge in [-0.05, 0) is 40.5 Å². The molecule has 0 aliphatic carbocycles. The molecule has 3 aliphatic heterocycles. The zero-order valence-electron chi connectivity index (χ0n) is 21.1. The number of nitrogens with zero attached hydrogens (tertiary/aromatic N) is 1. The molecule has 2 aromatic rings. The molecule has 3 heterocycles. The molecule has 3 aliphatic rings. The Morgan fingerprint density at radius 3 is 2.53 bits per heavy atom. The van der Waals surface area contributed by atoms with Crippen molar-refractivity contribution in [3.8, 4) is 11.1 Å². The zero-order valence-corrected chi connectivity index (χ0v) is 21.1. The van der Waals surface area contributed by atoms with Gasteiger partial charge in [-0.15, -0.1) is 0 Å². The van der Waals surface area contributed by atoms with Crippen LogP contribution in [0.15, 0.2) is 54.6 Å². The molecule has 0 saturated carbocycles. The maximum Gasteiger partial charge on any atom is 0.407 e. The van der Waals surface area contributed by atoms with Crippen LogP contribution in [0, 0.1) is 5.41 Å². The molecule has 0 radical (unpaired) electrons. The summed E-state index contributed by atoms with van der Waals surface area (Å²) in [5.74, 6) is -0.418. The summed E-state index contributed by atoms with van der Waals surface area (Å²) in [5.41, 5.74) is 1.74. The SMILES string of the molecule is CC(C)(C)[C@@H]1NC(=O)OCCCC=Cc2ccccc2-c2ccc(cc2)[C@]2(O)C[C@@H](C=O)N(C2)C1=O. The number of hydrogen-bond acceptors (Lipinski definition) is 5. The lowest BCUT2D eigenvalue weighted by molar-refractivity contribution is -0.139. The number of carbonyl (C=O) groups is 3. The minimum absolute atomic E-state index is 0.0444. The number of ether oxygens (including phenoxy) is 1. The average molecular weight is 491 g/mol. The van der Waals surface area contributed by atoms with Gasteiger partial charge in [-0.25, -0.2) is 4.79 Å². The topological polar surface area (TPSA) is 95.9 Å². The highest BCUT2D eigenvalue weighted by Crippen LogP contribution is 2.38. The van der Waals surface area contributed by atoms with Crippen LogP contribution in [0.3, 0.4) is 0 Å². The van der Waals surface area contributed by atoms with Gasteiger partial charge in [-0.2, -0.15) is 0 Å². The van der Waals surface area contributed by atoms with E-state index >= 15 is 0 Å². The van der Waals surface area contributed by atoms with Crippen molar-refractivity contribution in [3.05, 3.63) is 65.7 Å². The van der Waals surface area contributed by atoms with Gasteiger partial charge >= 0.3 is 6.09 Å². The Bertz CT molecular complexity index is 1150. The van der Waals surface area contributed by atoms with Gasteiger partial charge in [-0.3, -0.25) is 4.79 Å². The molecule has 2 aromatic carbocycles. The van der Waals surface area contributed by atoms with Crippen molar-refractivity contribution in [2.45, 2.75) is 57.7 Å². The Balaban J connectivity index is 1.73. The normalized spacial score (nSPS) is 25.3. The molecular weight excluding hydrogens is 456 g/mol. The van der Waals surface area contributed by atoms with Crippen molar-refractivity contribution in [3.63, 3.8) is 0 Å². The fourth-order valence-corrected chi connectivity index (χ4v) is 4.91. The minimum Gasteiger partial charge on any atom is -0.450 e. The third-order valence-corrected chi connectivity index (χ3v) is 6.93. The summed E-state index contributed by atoms with van der Waals surface area (Å²) in [6.45, 7) is 5.68. The van der Waals surface area contributed by atoms with Crippen molar-refractivity contribution >= 4 is 24.4 Å². The highest BCUT2D eigenvalue weighted by atomic mass is 16.5. The van der Waals surface area contributed by atoms with Crippen molar-refractivity contribution in [1.82, 2.24) is 10.2 Å². The molecule has 2 N–H and O–H groups in total. The smallest absolute Gasteiger partial charge is 0.407 e. The van der Waals surface area contributed by atoms with Gasteiger partial charge in [0.05, 0.1) is 19.2 Å². The fraction of sp³-hybridized carbons (Fsp3) is 0.414. The lowest BCUT2D eigenvalue weighted by Gasteiger charge is -2.34. The number of nitrogens with one attached hydrogen (secondary N) is 1. The molecule has 36 heavy (non-hydrogen) atoms. The van der Waals surface area contributed by atoms with Crippen LogP contribution in [0.4, 0.5) is 4.79 Å². The first-order valence-corrected chi connectivity index (χ1v) is 12.4. The van der Waals surface area contributed by atoms with Crippen molar-refractivity contribution in [2.24, 2.45) is 5.41 Å². The number of amides is 2. The van der Waals surface area contributed by atoms with Crippen LogP contribution in [-0.4, -0.2) is 53.5 Å². The molecule has 0 spiro atoms. The fourth-order valence-electron chi connectivity index (χ4n) is 4.91. The van der Waals surface area contributed by atoms with Gasteiger partial charge in [0.25, 0.3) is 0 Å². The number of aliphatic hydroxyl groups is 1. The highest BCUT2D eigenvalue weighted by Gasteiger charge is 2.49. The second-order valence-electron chi connectivity index (χ2n) is 10.7. The predicted octanol–water partition coefficient (Wildman–Crippen LogP) is 4.29. The molecule has 0 aromatic heterocycles. The lowest BCUT2D eigenvalue weighted by Crippen LogP contribution is -2.56. The number of benzene rings is 2. The van der Waals surface area contributed by atoms with Crippen LogP contribution in [0.1, 0.15) is 51.2 Å². The average Bonchev–Trinajstić information content (AvgIpc) is 3.21. The predicted molar refractivity (Wildman–Crippen MR) is 138 cm³/mol. The maximum atomic E-state index is 13.6. The number of allylic oxidation sites excluding steroid dienone is 1. The summed E-state index contributed by atoms with van der Waals surface area (Å²) in [6, 6.07) is 14.0. The minimum atomic E-state index is -1.38. The van der Waals surface area contributed by atoms with Gasteiger partial charge in [0, 0.05) is 6.42 Å². The maximum absolute atomic E-state index is 13.6. The Kier molecular flexibility index (Phi) is 7.31. The summed E-state index contributed by atoms with van der Waals surface area (Å²) < 4.78 is 5.35. The van der Waals surface area contributed by atoms with E-state index in [9.17, 15) is 19.5 Å². The first kappa shape index (κ1) is 25.6. The Hall–Kier alpha value is -3.45.